The molecule has 1 atom stereocenters. The van der Waals surface area contributed by atoms with Crippen LogP contribution in [0.15, 0.2) is 28.7 Å². The number of hydrogen-bond donors (Lipinski definition) is 0. The third kappa shape index (κ3) is 3.16. The molecule has 1 unspecified atom stereocenters. The average molecular weight is 295 g/mol. The molecule has 90 valence electrons. The van der Waals surface area contributed by atoms with Crippen molar-refractivity contribution in [3.63, 3.8) is 0 Å². The zero-order valence-electron chi connectivity index (χ0n) is 9.98. The zero-order chi connectivity index (χ0) is 12.3. The van der Waals surface area contributed by atoms with Crippen molar-refractivity contribution >= 4 is 15.9 Å². The normalized spacial score (nSPS) is 12.6. The van der Waals surface area contributed by atoms with Gasteiger partial charge in [0.15, 0.2) is 0 Å². The van der Waals surface area contributed by atoms with Crippen LogP contribution in [0.25, 0.3) is 0 Å². The molecule has 2 aromatic rings. The Balaban J connectivity index is 2.11. The van der Waals surface area contributed by atoms with E-state index in [-0.39, 0.29) is 4.83 Å². The van der Waals surface area contributed by atoms with Gasteiger partial charge < -0.3 is 4.42 Å². The molecule has 2 rings (SSSR count). The Labute approximate surface area is 109 Å². The number of nitrogens with zero attached hydrogens (tertiary/aromatic N) is 2. The first-order chi connectivity index (χ1) is 8.19. The fourth-order valence-corrected chi connectivity index (χ4v) is 1.82. The maximum atomic E-state index is 5.61. The third-order valence-corrected chi connectivity index (χ3v) is 3.59. The lowest BCUT2D eigenvalue weighted by atomic mass is 10.1. The van der Waals surface area contributed by atoms with E-state index in [0.717, 1.165) is 6.42 Å². The SMILES string of the molecule is CCC(Br)c1nnc(Cc2cccc(C)c2)o1. The lowest BCUT2D eigenvalue weighted by Crippen LogP contribution is -1.88. The van der Waals surface area contributed by atoms with E-state index in [9.17, 15) is 0 Å². The zero-order valence-corrected chi connectivity index (χ0v) is 11.6. The summed E-state index contributed by atoms with van der Waals surface area (Å²) in [7, 11) is 0. The number of benzene rings is 1. The average Bonchev–Trinajstić information content (AvgIpc) is 2.76. The van der Waals surface area contributed by atoms with Crippen molar-refractivity contribution in [1.29, 1.82) is 0 Å². The van der Waals surface area contributed by atoms with Crippen molar-refractivity contribution in [3.8, 4) is 0 Å². The van der Waals surface area contributed by atoms with Gasteiger partial charge in [-0.05, 0) is 18.9 Å². The molecule has 0 spiro atoms. The van der Waals surface area contributed by atoms with E-state index >= 15 is 0 Å². The van der Waals surface area contributed by atoms with Gasteiger partial charge in [-0.25, -0.2) is 0 Å². The van der Waals surface area contributed by atoms with Crippen molar-refractivity contribution in [2.75, 3.05) is 0 Å². The monoisotopic (exact) mass is 294 g/mol. The maximum Gasteiger partial charge on any atom is 0.230 e. The molecule has 0 fully saturated rings. The number of hydrogen-bond acceptors (Lipinski definition) is 3. The van der Waals surface area contributed by atoms with Crippen molar-refractivity contribution in [1.82, 2.24) is 10.2 Å². The Morgan fingerprint density at radius 3 is 2.88 bits per heavy atom. The van der Waals surface area contributed by atoms with E-state index in [1.807, 2.05) is 6.07 Å². The molecule has 1 heterocycles. The van der Waals surface area contributed by atoms with Crippen LogP contribution in [0.2, 0.25) is 0 Å². The van der Waals surface area contributed by atoms with Crippen molar-refractivity contribution in [2.24, 2.45) is 0 Å². The lowest BCUT2D eigenvalue weighted by molar-refractivity contribution is 0.454. The molecule has 0 saturated carbocycles. The van der Waals surface area contributed by atoms with Gasteiger partial charge >= 0.3 is 0 Å². The molecule has 0 saturated heterocycles. The molecule has 0 aliphatic carbocycles. The van der Waals surface area contributed by atoms with Gasteiger partial charge in [0.1, 0.15) is 0 Å². The van der Waals surface area contributed by atoms with Crippen LogP contribution in [0, 0.1) is 6.92 Å². The summed E-state index contributed by atoms with van der Waals surface area (Å²) in [4.78, 5) is 0.154. The van der Waals surface area contributed by atoms with Crippen LogP contribution >= 0.6 is 15.9 Å². The number of rotatable bonds is 4. The molecule has 0 radical (unpaired) electrons. The molecular weight excluding hydrogens is 280 g/mol. The molecule has 0 aliphatic heterocycles. The second-order valence-corrected chi connectivity index (χ2v) is 5.18. The van der Waals surface area contributed by atoms with Gasteiger partial charge in [0.05, 0.1) is 11.2 Å². The summed E-state index contributed by atoms with van der Waals surface area (Å²) in [6.45, 7) is 4.15. The summed E-state index contributed by atoms with van der Waals surface area (Å²) in [5, 5.41) is 8.11. The Kier molecular flexibility index (Phi) is 3.94. The Bertz CT molecular complexity index is 496. The van der Waals surface area contributed by atoms with Crippen LogP contribution in [0.4, 0.5) is 0 Å². The van der Waals surface area contributed by atoms with Crippen LogP contribution in [-0.2, 0) is 6.42 Å². The summed E-state index contributed by atoms with van der Waals surface area (Å²) in [5.41, 5.74) is 2.44. The lowest BCUT2D eigenvalue weighted by Gasteiger charge is -1.99. The van der Waals surface area contributed by atoms with Crippen LogP contribution in [0.3, 0.4) is 0 Å². The Hall–Kier alpha value is -1.16. The van der Waals surface area contributed by atoms with E-state index < -0.39 is 0 Å². The number of aromatic nitrogens is 2. The van der Waals surface area contributed by atoms with E-state index in [1.54, 1.807) is 0 Å². The fourth-order valence-electron chi connectivity index (χ4n) is 1.64. The number of alkyl halides is 1. The quantitative estimate of drug-likeness (QED) is 0.805. The molecule has 3 nitrogen and oxygen atoms in total. The first-order valence-electron chi connectivity index (χ1n) is 5.71. The topological polar surface area (TPSA) is 38.9 Å². The van der Waals surface area contributed by atoms with Gasteiger partial charge in [0.2, 0.25) is 11.8 Å². The van der Waals surface area contributed by atoms with Crippen LogP contribution in [0.1, 0.15) is 41.1 Å². The van der Waals surface area contributed by atoms with Crippen LogP contribution < -0.4 is 0 Å². The van der Waals surface area contributed by atoms with Gasteiger partial charge in [-0.2, -0.15) is 0 Å². The van der Waals surface area contributed by atoms with Gasteiger partial charge in [-0.3, -0.25) is 0 Å². The van der Waals surface area contributed by atoms with E-state index in [1.165, 1.54) is 11.1 Å². The molecule has 0 bridgehead atoms. The molecule has 1 aromatic carbocycles. The molecule has 17 heavy (non-hydrogen) atoms. The van der Waals surface area contributed by atoms with E-state index in [2.05, 4.69) is 58.2 Å². The summed E-state index contributed by atoms with van der Waals surface area (Å²) in [6, 6.07) is 8.33. The van der Waals surface area contributed by atoms with Gasteiger partial charge in [0, 0.05) is 0 Å². The van der Waals surface area contributed by atoms with Crippen molar-refractivity contribution in [2.45, 2.75) is 31.5 Å². The minimum atomic E-state index is 0.154. The van der Waals surface area contributed by atoms with Gasteiger partial charge in [-0.15, -0.1) is 10.2 Å². The Morgan fingerprint density at radius 2 is 2.18 bits per heavy atom. The molecule has 0 N–H and O–H groups in total. The highest BCUT2D eigenvalue weighted by molar-refractivity contribution is 9.09. The third-order valence-electron chi connectivity index (χ3n) is 2.55. The predicted molar refractivity (Wildman–Crippen MR) is 70.2 cm³/mol. The smallest absolute Gasteiger partial charge is 0.230 e. The molecule has 1 aromatic heterocycles. The highest BCUT2D eigenvalue weighted by atomic mass is 79.9. The van der Waals surface area contributed by atoms with Crippen LogP contribution in [-0.4, -0.2) is 10.2 Å². The maximum absolute atomic E-state index is 5.61. The largest absolute Gasteiger partial charge is 0.424 e. The number of aryl methyl sites for hydroxylation is 1. The van der Waals surface area contributed by atoms with Crippen molar-refractivity contribution in [3.05, 3.63) is 47.2 Å². The minimum absolute atomic E-state index is 0.154. The summed E-state index contributed by atoms with van der Waals surface area (Å²) in [5.74, 6) is 1.33. The van der Waals surface area contributed by atoms with Crippen LogP contribution in [0.5, 0.6) is 0 Å². The van der Waals surface area contributed by atoms with E-state index in [4.69, 9.17) is 4.42 Å². The fraction of sp³-hybridized carbons (Fsp3) is 0.385. The number of halogens is 1. The standard InChI is InChI=1S/C13H15BrN2O/c1-3-11(14)13-16-15-12(17-13)8-10-6-4-5-9(2)7-10/h4-7,11H,3,8H2,1-2H3. The summed E-state index contributed by atoms with van der Waals surface area (Å²) >= 11 is 3.50. The highest BCUT2D eigenvalue weighted by Crippen LogP contribution is 2.24. The molecule has 0 amide bonds. The van der Waals surface area contributed by atoms with Gasteiger partial charge in [0.25, 0.3) is 0 Å². The summed E-state index contributed by atoms with van der Waals surface area (Å²) in [6.07, 6.45) is 1.63. The molecule has 4 heteroatoms. The predicted octanol–water partition coefficient (Wildman–Crippen LogP) is 3.81. The van der Waals surface area contributed by atoms with Gasteiger partial charge in [-0.1, -0.05) is 52.7 Å². The second-order valence-electron chi connectivity index (χ2n) is 4.08. The molecular formula is C13H15BrN2O. The molecule has 0 aliphatic rings. The van der Waals surface area contributed by atoms with E-state index in [0.29, 0.717) is 18.2 Å². The first kappa shape index (κ1) is 12.3. The first-order valence-corrected chi connectivity index (χ1v) is 6.62. The van der Waals surface area contributed by atoms with Crippen molar-refractivity contribution < 1.29 is 4.42 Å². The minimum Gasteiger partial charge on any atom is -0.424 e. The second kappa shape index (κ2) is 5.45. The summed E-state index contributed by atoms with van der Waals surface area (Å²) < 4.78 is 5.61. The Morgan fingerprint density at radius 1 is 1.35 bits per heavy atom. The highest BCUT2D eigenvalue weighted by Gasteiger charge is 2.13.